The van der Waals surface area contributed by atoms with Crippen molar-refractivity contribution in [2.45, 2.75) is 44.4 Å². The number of hydrogen-bond acceptors (Lipinski definition) is 3. The molecule has 1 aromatic carbocycles. The molecule has 0 bridgehead atoms. The van der Waals surface area contributed by atoms with Gasteiger partial charge in [-0.15, -0.1) is 0 Å². The van der Waals surface area contributed by atoms with Gasteiger partial charge in [0.05, 0.1) is 24.6 Å². The Hall–Kier alpha value is -1.99. The molecule has 2 heterocycles. The van der Waals surface area contributed by atoms with Crippen LogP contribution in [0.1, 0.15) is 50.2 Å². The van der Waals surface area contributed by atoms with E-state index in [2.05, 4.69) is 46.1 Å². The SMILES string of the molecule is CN=C1Nc2cc(C#CCN3CCC[C@@H](C)C3)c(OC)cc2C12CCC2. The molecule has 138 valence electrons. The highest BCUT2D eigenvalue weighted by Crippen LogP contribution is 2.52. The molecule has 1 saturated carbocycles. The number of aliphatic imine (C=N–C) groups is 1. The molecule has 0 unspecified atom stereocenters. The van der Waals surface area contributed by atoms with Crippen molar-refractivity contribution in [3.05, 3.63) is 23.3 Å². The summed E-state index contributed by atoms with van der Waals surface area (Å²) in [5, 5.41) is 3.53. The van der Waals surface area contributed by atoms with Crippen LogP contribution < -0.4 is 10.1 Å². The maximum atomic E-state index is 5.68. The van der Waals surface area contributed by atoms with Gasteiger partial charge in [-0.25, -0.2) is 0 Å². The van der Waals surface area contributed by atoms with E-state index in [0.29, 0.717) is 0 Å². The zero-order chi connectivity index (χ0) is 18.1. The second-order valence-electron chi connectivity index (χ2n) is 8.02. The molecule has 0 amide bonds. The molecule has 0 aromatic heterocycles. The Bertz CT molecular complexity index is 783. The third kappa shape index (κ3) is 2.89. The number of piperidine rings is 1. The molecule has 2 aliphatic heterocycles. The van der Waals surface area contributed by atoms with Gasteiger partial charge in [0.2, 0.25) is 0 Å². The summed E-state index contributed by atoms with van der Waals surface area (Å²) in [5.41, 5.74) is 3.54. The molecule has 26 heavy (non-hydrogen) atoms. The fourth-order valence-corrected chi connectivity index (χ4v) is 4.70. The minimum atomic E-state index is 0.0905. The fourth-order valence-electron chi connectivity index (χ4n) is 4.70. The summed E-state index contributed by atoms with van der Waals surface area (Å²) in [6, 6.07) is 4.34. The lowest BCUT2D eigenvalue weighted by atomic mass is 9.65. The van der Waals surface area contributed by atoms with Gasteiger partial charge in [0.15, 0.2) is 0 Å². The summed E-state index contributed by atoms with van der Waals surface area (Å²) < 4.78 is 5.68. The van der Waals surface area contributed by atoms with E-state index in [1.807, 2.05) is 7.05 Å². The second kappa shape index (κ2) is 6.96. The number of nitrogens with zero attached hydrogens (tertiary/aromatic N) is 2. The zero-order valence-corrected chi connectivity index (χ0v) is 16.2. The number of likely N-dealkylation sites (tertiary alicyclic amines) is 1. The van der Waals surface area contributed by atoms with Crippen LogP contribution in [0, 0.1) is 17.8 Å². The molecule has 4 heteroatoms. The van der Waals surface area contributed by atoms with E-state index in [9.17, 15) is 0 Å². The third-order valence-corrected chi connectivity index (χ3v) is 6.26. The van der Waals surface area contributed by atoms with Gasteiger partial charge in [-0.3, -0.25) is 9.89 Å². The monoisotopic (exact) mass is 351 g/mol. The molecule has 1 aromatic rings. The predicted molar refractivity (Wildman–Crippen MR) is 107 cm³/mol. The molecule has 1 spiro atoms. The van der Waals surface area contributed by atoms with Crippen LogP contribution >= 0.6 is 0 Å². The van der Waals surface area contributed by atoms with Crippen molar-refractivity contribution in [2.75, 3.05) is 39.1 Å². The molecule has 1 aliphatic carbocycles. The standard InChI is InChI=1S/C22H29N3O/c1-16-7-4-11-25(15-16)12-5-8-17-13-19-18(14-20(17)26-3)22(9-6-10-22)21(23-2)24-19/h13-14,16H,4,6-7,9-12,15H2,1-3H3,(H,23,24)/t16-/m1/s1. The van der Waals surface area contributed by atoms with Gasteiger partial charge < -0.3 is 10.1 Å². The van der Waals surface area contributed by atoms with Crippen LogP contribution in [0.25, 0.3) is 0 Å². The van der Waals surface area contributed by atoms with E-state index in [1.165, 1.54) is 44.2 Å². The van der Waals surface area contributed by atoms with Crippen molar-refractivity contribution >= 4 is 11.5 Å². The van der Waals surface area contributed by atoms with Gasteiger partial charge in [0, 0.05) is 19.3 Å². The van der Waals surface area contributed by atoms with Crippen LogP contribution in [0.2, 0.25) is 0 Å². The minimum Gasteiger partial charge on any atom is -0.495 e. The van der Waals surface area contributed by atoms with Gasteiger partial charge in [-0.1, -0.05) is 25.2 Å². The number of nitrogens with one attached hydrogen (secondary N) is 1. The first-order valence-corrected chi connectivity index (χ1v) is 9.84. The Balaban J connectivity index is 1.58. The van der Waals surface area contributed by atoms with Gasteiger partial charge >= 0.3 is 0 Å². The molecule has 1 saturated heterocycles. The van der Waals surface area contributed by atoms with Gasteiger partial charge in [-0.05, 0) is 55.8 Å². The normalized spacial score (nSPS) is 25.2. The Labute approximate surface area is 157 Å². The number of fused-ring (bicyclic) bond motifs is 2. The third-order valence-electron chi connectivity index (χ3n) is 6.26. The summed E-state index contributed by atoms with van der Waals surface area (Å²) in [6.07, 6.45) is 6.23. The number of methoxy groups -OCH3 is 1. The van der Waals surface area contributed by atoms with Crippen LogP contribution in [-0.4, -0.2) is 44.5 Å². The van der Waals surface area contributed by atoms with Crippen molar-refractivity contribution in [3.8, 4) is 17.6 Å². The van der Waals surface area contributed by atoms with Crippen molar-refractivity contribution < 1.29 is 4.74 Å². The quantitative estimate of drug-likeness (QED) is 0.826. The summed E-state index contributed by atoms with van der Waals surface area (Å²) in [7, 11) is 3.62. The lowest BCUT2D eigenvalue weighted by Gasteiger charge is -2.38. The van der Waals surface area contributed by atoms with Gasteiger partial charge in [0.25, 0.3) is 0 Å². The molecule has 4 rings (SSSR count). The average Bonchev–Trinajstić information content (AvgIpc) is 2.94. The van der Waals surface area contributed by atoms with Crippen LogP contribution in [-0.2, 0) is 5.41 Å². The maximum Gasteiger partial charge on any atom is 0.134 e. The number of benzene rings is 1. The van der Waals surface area contributed by atoms with E-state index in [1.54, 1.807) is 7.11 Å². The van der Waals surface area contributed by atoms with E-state index in [0.717, 1.165) is 41.8 Å². The lowest BCUT2D eigenvalue weighted by molar-refractivity contribution is 0.204. The van der Waals surface area contributed by atoms with E-state index in [4.69, 9.17) is 4.74 Å². The molecule has 0 radical (unpaired) electrons. The molecule has 1 N–H and O–H groups in total. The Kier molecular flexibility index (Phi) is 4.67. The molecule has 4 nitrogen and oxygen atoms in total. The van der Waals surface area contributed by atoms with Crippen molar-refractivity contribution in [2.24, 2.45) is 10.9 Å². The first-order valence-electron chi connectivity index (χ1n) is 9.84. The first kappa shape index (κ1) is 17.4. The first-order chi connectivity index (χ1) is 12.7. The number of anilines is 1. The number of rotatable bonds is 2. The van der Waals surface area contributed by atoms with Crippen molar-refractivity contribution in [3.63, 3.8) is 0 Å². The summed E-state index contributed by atoms with van der Waals surface area (Å²) in [4.78, 5) is 6.98. The molecule has 3 aliphatic rings. The van der Waals surface area contributed by atoms with Crippen molar-refractivity contribution in [1.82, 2.24) is 4.90 Å². The Morgan fingerprint density at radius 3 is 2.85 bits per heavy atom. The van der Waals surface area contributed by atoms with E-state index < -0.39 is 0 Å². The molecular weight excluding hydrogens is 322 g/mol. The predicted octanol–water partition coefficient (Wildman–Crippen LogP) is 3.65. The summed E-state index contributed by atoms with van der Waals surface area (Å²) >= 11 is 0. The molecule has 1 atom stereocenters. The largest absolute Gasteiger partial charge is 0.495 e. The number of ether oxygens (including phenoxy) is 1. The Morgan fingerprint density at radius 2 is 2.19 bits per heavy atom. The lowest BCUT2D eigenvalue weighted by Crippen LogP contribution is -2.41. The number of amidine groups is 1. The maximum absolute atomic E-state index is 5.68. The van der Waals surface area contributed by atoms with E-state index >= 15 is 0 Å². The zero-order valence-electron chi connectivity index (χ0n) is 16.2. The minimum absolute atomic E-state index is 0.0905. The van der Waals surface area contributed by atoms with Crippen molar-refractivity contribution in [1.29, 1.82) is 0 Å². The number of hydrogen-bond donors (Lipinski definition) is 1. The molecule has 2 fully saturated rings. The Morgan fingerprint density at radius 1 is 1.35 bits per heavy atom. The smallest absolute Gasteiger partial charge is 0.134 e. The highest BCUT2D eigenvalue weighted by molar-refractivity contribution is 6.10. The average molecular weight is 351 g/mol. The molecular formula is C22H29N3O. The van der Waals surface area contributed by atoms with E-state index in [-0.39, 0.29) is 5.41 Å². The highest BCUT2D eigenvalue weighted by Gasteiger charge is 2.49. The van der Waals surface area contributed by atoms with Crippen LogP contribution in [0.5, 0.6) is 5.75 Å². The van der Waals surface area contributed by atoms with Gasteiger partial charge in [0.1, 0.15) is 11.6 Å². The topological polar surface area (TPSA) is 36.9 Å². The second-order valence-corrected chi connectivity index (χ2v) is 8.02. The van der Waals surface area contributed by atoms with Crippen LogP contribution in [0.3, 0.4) is 0 Å². The van der Waals surface area contributed by atoms with Crippen LogP contribution in [0.15, 0.2) is 17.1 Å². The fraction of sp³-hybridized carbons (Fsp3) is 0.591. The summed E-state index contributed by atoms with van der Waals surface area (Å²) in [6.45, 7) is 5.50. The highest BCUT2D eigenvalue weighted by atomic mass is 16.5. The summed E-state index contributed by atoms with van der Waals surface area (Å²) in [5.74, 6) is 9.50. The van der Waals surface area contributed by atoms with Gasteiger partial charge in [-0.2, -0.15) is 0 Å². The van der Waals surface area contributed by atoms with Crippen LogP contribution in [0.4, 0.5) is 5.69 Å².